The Bertz CT molecular complexity index is 378. The summed E-state index contributed by atoms with van der Waals surface area (Å²) in [6.07, 6.45) is -33.9. The maximum atomic E-state index is 12.3. The average molecular weight is 404 g/mol. The van der Waals surface area contributed by atoms with Crippen LogP contribution in [-0.4, -0.2) is 50.3 Å². The van der Waals surface area contributed by atoms with Gasteiger partial charge < -0.3 is 14.0 Å². The van der Waals surface area contributed by atoms with E-state index < -0.39 is 50.3 Å². The Morgan fingerprint density at radius 3 is 1.00 bits per heavy atom. The molecule has 2 atom stereocenters. The maximum Gasteiger partial charge on any atom is 0.641 e. The van der Waals surface area contributed by atoms with Crippen molar-refractivity contribution in [1.29, 1.82) is 0 Å². The number of alkyl halides is 12. The second-order valence-electron chi connectivity index (χ2n) is 4.53. The van der Waals surface area contributed by atoms with Crippen molar-refractivity contribution in [2.45, 2.75) is 56.9 Å². The van der Waals surface area contributed by atoms with Crippen LogP contribution in [0, 0.1) is 0 Å². The predicted molar refractivity (Wildman–Crippen MR) is 55.9 cm³/mol. The quantitative estimate of drug-likeness (QED) is 0.485. The smallest absolute Gasteiger partial charge is 0.374 e. The number of rotatable bonds is 6. The van der Waals surface area contributed by atoms with E-state index in [1.165, 1.54) is 0 Å². The molecule has 0 aromatic heterocycles. The van der Waals surface area contributed by atoms with Gasteiger partial charge in [-0.05, 0) is 13.8 Å². The molecule has 0 radical (unpaired) electrons. The van der Waals surface area contributed by atoms with Crippen molar-refractivity contribution < 1.29 is 66.6 Å². The summed E-state index contributed by atoms with van der Waals surface area (Å²) in [5, 5.41) is 0. The first-order valence-corrected chi connectivity index (χ1v) is 5.99. The van der Waals surface area contributed by atoms with Crippen LogP contribution in [0.25, 0.3) is 0 Å². The van der Waals surface area contributed by atoms with E-state index in [1.54, 1.807) is 0 Å². The van der Waals surface area contributed by atoms with Crippen molar-refractivity contribution in [1.82, 2.24) is 0 Å². The first kappa shape index (κ1) is 24.1. The molecule has 0 saturated heterocycles. The zero-order chi connectivity index (χ0) is 20.4. The van der Waals surface area contributed by atoms with Gasteiger partial charge in [-0.15, -0.1) is 0 Å². The van der Waals surface area contributed by atoms with E-state index in [2.05, 4.69) is 14.0 Å². The monoisotopic (exact) mass is 404 g/mol. The molecule has 0 amide bonds. The van der Waals surface area contributed by atoms with E-state index in [0.717, 1.165) is 0 Å². The third kappa shape index (κ3) is 8.35. The van der Waals surface area contributed by atoms with Crippen LogP contribution in [0.4, 0.5) is 52.7 Å². The van der Waals surface area contributed by atoms with E-state index in [9.17, 15) is 52.7 Å². The highest BCUT2D eigenvalue weighted by Gasteiger charge is 2.60. The minimum absolute atomic E-state index is 0.119. The average Bonchev–Trinajstić information content (AvgIpc) is 2.29. The van der Waals surface area contributed by atoms with Crippen molar-refractivity contribution in [3.63, 3.8) is 0 Å². The topological polar surface area (TPSA) is 27.7 Å². The summed E-state index contributed by atoms with van der Waals surface area (Å²) >= 11 is 0. The van der Waals surface area contributed by atoms with Crippen molar-refractivity contribution in [2.75, 3.05) is 0 Å². The Morgan fingerprint density at radius 1 is 0.520 bits per heavy atom. The Labute approximate surface area is 132 Å². The molecule has 0 saturated carbocycles. The van der Waals surface area contributed by atoms with E-state index in [-0.39, 0.29) is 13.8 Å². The number of hydrogen-bond acceptors (Lipinski definition) is 3. The van der Waals surface area contributed by atoms with Gasteiger partial charge in [0.1, 0.15) is 12.2 Å². The molecule has 0 aromatic rings. The summed E-state index contributed by atoms with van der Waals surface area (Å²) in [5.74, 6) is 0. The largest absolute Gasteiger partial charge is 0.641 e. The molecular weight excluding hydrogens is 395 g/mol. The standard InChI is InChI=1S/C9H9BF12O3/c1-3(6(11,12)13)23-10(24-4(2)7(14,15)16)25-5(8(17,18)19)9(20,21)22/h3-5H,1-2H3. The van der Waals surface area contributed by atoms with Crippen molar-refractivity contribution in [3.8, 4) is 0 Å². The van der Waals surface area contributed by atoms with Crippen LogP contribution in [0.15, 0.2) is 0 Å². The zero-order valence-corrected chi connectivity index (χ0v) is 12.1. The molecule has 150 valence electrons. The highest BCUT2D eigenvalue weighted by atomic mass is 19.4. The second-order valence-corrected chi connectivity index (χ2v) is 4.53. The summed E-state index contributed by atoms with van der Waals surface area (Å²) < 4.78 is 158. The molecule has 0 aliphatic heterocycles. The van der Waals surface area contributed by atoms with Crippen LogP contribution >= 0.6 is 0 Å². The fourth-order valence-corrected chi connectivity index (χ4v) is 1.03. The lowest BCUT2D eigenvalue weighted by Gasteiger charge is -2.29. The summed E-state index contributed by atoms with van der Waals surface area (Å²) in [5.41, 5.74) is 0. The lowest BCUT2D eigenvalue weighted by molar-refractivity contribution is -0.311. The van der Waals surface area contributed by atoms with Crippen molar-refractivity contribution in [2.24, 2.45) is 0 Å². The Balaban J connectivity index is 5.49. The molecule has 0 heterocycles. The Kier molecular flexibility index (Phi) is 7.50. The normalized spacial score (nSPS) is 16.9. The summed E-state index contributed by atoms with van der Waals surface area (Å²) in [6.45, 7) is 0.238. The summed E-state index contributed by atoms with van der Waals surface area (Å²) in [4.78, 5) is 0. The van der Waals surface area contributed by atoms with Gasteiger partial charge in [0.2, 0.25) is 6.10 Å². The molecule has 0 fully saturated rings. The first-order valence-electron chi connectivity index (χ1n) is 5.99. The van der Waals surface area contributed by atoms with Gasteiger partial charge in [-0.3, -0.25) is 0 Å². The minimum atomic E-state index is -6.20. The molecule has 0 aliphatic rings. The van der Waals surface area contributed by atoms with Gasteiger partial charge in [0, 0.05) is 0 Å². The van der Waals surface area contributed by atoms with Crippen molar-refractivity contribution >= 4 is 7.32 Å². The summed E-state index contributed by atoms with van der Waals surface area (Å²) in [7, 11) is -3.55. The Hall–Kier alpha value is -0.895. The molecule has 0 spiro atoms. The fourth-order valence-electron chi connectivity index (χ4n) is 1.03. The van der Waals surface area contributed by atoms with Gasteiger partial charge in [0.15, 0.2) is 0 Å². The van der Waals surface area contributed by atoms with Crippen LogP contribution in [0.2, 0.25) is 0 Å². The third-order valence-corrected chi connectivity index (χ3v) is 2.39. The molecule has 25 heavy (non-hydrogen) atoms. The van der Waals surface area contributed by atoms with Crippen LogP contribution in [0.5, 0.6) is 0 Å². The molecule has 0 aromatic carbocycles. The molecule has 0 rings (SSSR count). The first-order chi connectivity index (χ1) is 10.8. The van der Waals surface area contributed by atoms with Gasteiger partial charge in [0.05, 0.1) is 0 Å². The highest BCUT2D eigenvalue weighted by Crippen LogP contribution is 2.37. The van der Waals surface area contributed by atoms with Crippen LogP contribution < -0.4 is 0 Å². The number of hydrogen-bond donors (Lipinski definition) is 0. The molecule has 2 unspecified atom stereocenters. The molecule has 0 N–H and O–H groups in total. The molecule has 0 aliphatic carbocycles. The van der Waals surface area contributed by atoms with Gasteiger partial charge >= 0.3 is 32.0 Å². The highest BCUT2D eigenvalue weighted by molar-refractivity contribution is 6.36. The number of halogens is 12. The summed E-state index contributed by atoms with van der Waals surface area (Å²) in [6, 6.07) is 0. The van der Waals surface area contributed by atoms with Gasteiger partial charge in [0.25, 0.3) is 0 Å². The van der Waals surface area contributed by atoms with Gasteiger partial charge in [-0.2, -0.15) is 52.7 Å². The molecule has 3 nitrogen and oxygen atoms in total. The van der Waals surface area contributed by atoms with Crippen LogP contribution in [0.1, 0.15) is 13.8 Å². The van der Waals surface area contributed by atoms with E-state index in [0.29, 0.717) is 0 Å². The Morgan fingerprint density at radius 2 is 0.800 bits per heavy atom. The molecule has 0 bridgehead atoms. The lowest BCUT2D eigenvalue weighted by Crippen LogP contribution is -2.52. The SMILES string of the molecule is CC(OB(OC(C)C(F)(F)F)OC(C(F)(F)F)C(F)(F)F)C(F)(F)F. The zero-order valence-electron chi connectivity index (χ0n) is 12.1. The van der Waals surface area contributed by atoms with E-state index in [1.807, 2.05) is 0 Å². The molecule has 16 heteroatoms. The van der Waals surface area contributed by atoms with Crippen LogP contribution in [-0.2, 0) is 14.0 Å². The van der Waals surface area contributed by atoms with Gasteiger partial charge in [-0.1, -0.05) is 0 Å². The van der Waals surface area contributed by atoms with E-state index >= 15 is 0 Å². The predicted octanol–water partition coefficient (Wildman–Crippen LogP) is 4.42. The minimum Gasteiger partial charge on any atom is -0.374 e. The van der Waals surface area contributed by atoms with Crippen LogP contribution in [0.3, 0.4) is 0 Å². The molecular formula is C9H9BF12O3. The van der Waals surface area contributed by atoms with Crippen molar-refractivity contribution in [3.05, 3.63) is 0 Å². The third-order valence-electron chi connectivity index (χ3n) is 2.39. The second kappa shape index (κ2) is 7.78. The maximum absolute atomic E-state index is 12.3. The lowest BCUT2D eigenvalue weighted by atomic mass is 10.1. The fraction of sp³-hybridized carbons (Fsp3) is 1.00. The van der Waals surface area contributed by atoms with Gasteiger partial charge in [-0.25, -0.2) is 0 Å². The van der Waals surface area contributed by atoms with E-state index in [4.69, 9.17) is 0 Å².